The molecule has 0 fully saturated rings. The Labute approximate surface area is 160 Å². The summed E-state index contributed by atoms with van der Waals surface area (Å²) < 4.78 is 21.2. The van der Waals surface area contributed by atoms with E-state index in [1.165, 1.54) is 18.0 Å². The van der Waals surface area contributed by atoms with Crippen molar-refractivity contribution >= 4 is 17.3 Å². The van der Waals surface area contributed by atoms with Crippen LogP contribution in [0.15, 0.2) is 57.6 Å². The molecular formula is C17H13FN6O3S. The van der Waals surface area contributed by atoms with Gasteiger partial charge in [-0.3, -0.25) is 9.59 Å². The van der Waals surface area contributed by atoms with Crippen molar-refractivity contribution < 1.29 is 9.13 Å². The second-order valence-corrected chi connectivity index (χ2v) is 6.60. The predicted octanol–water partition coefficient (Wildman–Crippen LogP) is 1.40. The lowest BCUT2D eigenvalue weighted by Crippen LogP contribution is -2.26. The topological polar surface area (TPSA) is 107 Å². The van der Waals surface area contributed by atoms with Crippen molar-refractivity contribution in [2.24, 2.45) is 0 Å². The van der Waals surface area contributed by atoms with Gasteiger partial charge in [0.2, 0.25) is 0 Å². The number of halogens is 1. The lowest BCUT2D eigenvalue weighted by atomic mass is 10.2. The van der Waals surface area contributed by atoms with Gasteiger partial charge < -0.3 is 9.72 Å². The Morgan fingerprint density at radius 1 is 1.21 bits per heavy atom. The Bertz CT molecular complexity index is 1240. The van der Waals surface area contributed by atoms with Crippen molar-refractivity contribution in [2.75, 3.05) is 7.11 Å². The zero-order valence-electron chi connectivity index (χ0n) is 14.5. The van der Waals surface area contributed by atoms with E-state index < -0.39 is 16.9 Å². The molecule has 0 saturated heterocycles. The molecule has 11 heteroatoms. The molecule has 0 atom stereocenters. The fraction of sp³-hybridized carbons (Fsp3) is 0.118. The van der Waals surface area contributed by atoms with Gasteiger partial charge in [0.25, 0.3) is 11.1 Å². The number of rotatable bonds is 5. The Morgan fingerprint density at radius 2 is 2.00 bits per heavy atom. The first-order valence-corrected chi connectivity index (χ1v) is 9.03. The second kappa shape index (κ2) is 7.27. The molecule has 4 aromatic rings. The molecule has 0 amide bonds. The number of nitrogens with one attached hydrogen (secondary N) is 1. The third-order valence-corrected chi connectivity index (χ3v) is 4.90. The zero-order valence-corrected chi connectivity index (χ0v) is 15.3. The number of thioether (sulfide) groups is 1. The van der Waals surface area contributed by atoms with Gasteiger partial charge in [-0.2, -0.15) is 5.10 Å². The molecular weight excluding hydrogens is 387 g/mol. The summed E-state index contributed by atoms with van der Waals surface area (Å²) in [6, 6.07) is 7.43. The van der Waals surface area contributed by atoms with Crippen molar-refractivity contribution in [3.8, 4) is 11.6 Å². The molecule has 0 radical (unpaired) electrons. The first kappa shape index (κ1) is 17.9. The van der Waals surface area contributed by atoms with Crippen molar-refractivity contribution in [1.82, 2.24) is 29.4 Å². The van der Waals surface area contributed by atoms with Crippen LogP contribution in [0.25, 0.3) is 11.3 Å². The smallest absolute Gasteiger partial charge is 0.289 e. The Balaban J connectivity index is 1.79. The quantitative estimate of drug-likeness (QED) is 0.505. The highest BCUT2D eigenvalue weighted by molar-refractivity contribution is 7.98. The summed E-state index contributed by atoms with van der Waals surface area (Å²) in [6.45, 7) is 0. The third-order valence-electron chi connectivity index (χ3n) is 3.90. The highest BCUT2D eigenvalue weighted by atomic mass is 32.2. The van der Waals surface area contributed by atoms with Crippen LogP contribution < -0.4 is 15.9 Å². The van der Waals surface area contributed by atoms with Gasteiger partial charge in [-0.05, 0) is 17.7 Å². The van der Waals surface area contributed by atoms with E-state index in [1.54, 1.807) is 7.11 Å². The predicted molar refractivity (Wildman–Crippen MR) is 99.5 cm³/mol. The number of aromatic nitrogens is 6. The fourth-order valence-electron chi connectivity index (χ4n) is 2.52. The molecule has 9 nitrogen and oxygen atoms in total. The van der Waals surface area contributed by atoms with Crippen LogP contribution in [0.3, 0.4) is 0 Å². The van der Waals surface area contributed by atoms with Gasteiger partial charge in [0.15, 0.2) is 22.3 Å². The summed E-state index contributed by atoms with van der Waals surface area (Å²) in [6.07, 6.45) is 3.23. The van der Waals surface area contributed by atoms with Crippen LogP contribution in [0.4, 0.5) is 4.39 Å². The van der Waals surface area contributed by atoms with E-state index in [2.05, 4.69) is 20.2 Å². The monoisotopic (exact) mass is 400 g/mol. The summed E-state index contributed by atoms with van der Waals surface area (Å²) in [7, 11) is 1.59. The lowest BCUT2D eigenvalue weighted by Gasteiger charge is -2.11. The molecule has 3 heterocycles. The van der Waals surface area contributed by atoms with Crippen LogP contribution in [-0.2, 0) is 5.75 Å². The fourth-order valence-corrected chi connectivity index (χ4v) is 3.45. The number of benzene rings is 1. The van der Waals surface area contributed by atoms with Gasteiger partial charge in [-0.1, -0.05) is 23.9 Å². The van der Waals surface area contributed by atoms with Gasteiger partial charge in [-0.25, -0.2) is 13.9 Å². The van der Waals surface area contributed by atoms with Crippen LogP contribution in [0, 0.1) is 5.82 Å². The van der Waals surface area contributed by atoms with E-state index in [0.29, 0.717) is 5.75 Å². The minimum atomic E-state index is -0.789. The normalized spacial score (nSPS) is 11.1. The molecule has 0 spiro atoms. The van der Waals surface area contributed by atoms with E-state index >= 15 is 0 Å². The van der Waals surface area contributed by atoms with Gasteiger partial charge in [0, 0.05) is 11.9 Å². The molecule has 0 unspecified atom stereocenters. The molecule has 28 heavy (non-hydrogen) atoms. The van der Waals surface area contributed by atoms with Gasteiger partial charge >= 0.3 is 0 Å². The van der Waals surface area contributed by atoms with E-state index in [1.807, 2.05) is 24.3 Å². The average molecular weight is 400 g/mol. The minimum Gasteiger partial charge on any atom is -0.497 e. The van der Waals surface area contributed by atoms with Crippen molar-refractivity contribution in [2.45, 2.75) is 10.9 Å². The van der Waals surface area contributed by atoms with Crippen molar-refractivity contribution in [1.29, 1.82) is 0 Å². The molecule has 0 saturated carbocycles. The van der Waals surface area contributed by atoms with Gasteiger partial charge in [0.05, 0.1) is 19.5 Å². The SMILES string of the molecule is COc1ccc(CSc2nn3ncc(F)c3c(=O)n2-c2c[nH]c(=O)cn2)cc1. The number of hydrogen-bond donors (Lipinski definition) is 1. The van der Waals surface area contributed by atoms with E-state index in [4.69, 9.17) is 4.74 Å². The second-order valence-electron chi connectivity index (χ2n) is 5.66. The maximum absolute atomic E-state index is 14.0. The highest BCUT2D eigenvalue weighted by Gasteiger charge is 2.18. The highest BCUT2D eigenvalue weighted by Crippen LogP contribution is 2.23. The summed E-state index contributed by atoms with van der Waals surface area (Å²) >= 11 is 1.25. The van der Waals surface area contributed by atoms with Crippen LogP contribution in [0.5, 0.6) is 5.75 Å². The summed E-state index contributed by atoms with van der Waals surface area (Å²) in [4.78, 5) is 30.6. The Hall–Kier alpha value is -3.47. The van der Waals surface area contributed by atoms with Crippen LogP contribution >= 0.6 is 11.8 Å². The maximum Gasteiger partial charge on any atom is 0.289 e. The number of H-pyrrole nitrogens is 1. The first-order valence-electron chi connectivity index (χ1n) is 8.04. The summed E-state index contributed by atoms with van der Waals surface area (Å²) in [5.74, 6) is 0.546. The molecule has 142 valence electrons. The maximum atomic E-state index is 14.0. The molecule has 0 aliphatic heterocycles. The third kappa shape index (κ3) is 3.27. The Kier molecular flexibility index (Phi) is 4.65. The minimum absolute atomic E-state index is 0.123. The lowest BCUT2D eigenvalue weighted by molar-refractivity contribution is 0.414. The number of nitrogens with zero attached hydrogens (tertiary/aromatic N) is 5. The molecule has 3 aromatic heterocycles. The van der Waals surface area contributed by atoms with Crippen molar-refractivity contribution in [3.05, 3.63) is 74.9 Å². The number of aromatic amines is 1. The number of fused-ring (bicyclic) bond motifs is 1. The molecule has 0 bridgehead atoms. The molecule has 0 aliphatic carbocycles. The van der Waals surface area contributed by atoms with E-state index in [-0.39, 0.29) is 16.5 Å². The number of methoxy groups -OCH3 is 1. The first-order chi connectivity index (χ1) is 13.6. The van der Waals surface area contributed by atoms with Crippen molar-refractivity contribution in [3.63, 3.8) is 0 Å². The summed E-state index contributed by atoms with van der Waals surface area (Å²) in [5.41, 5.74) is -0.440. The van der Waals surface area contributed by atoms with Gasteiger partial charge in [0.1, 0.15) is 5.75 Å². The van der Waals surface area contributed by atoms with E-state index in [0.717, 1.165) is 32.9 Å². The molecule has 4 rings (SSSR count). The zero-order chi connectivity index (χ0) is 19.7. The number of hydrogen-bond acceptors (Lipinski definition) is 7. The van der Waals surface area contributed by atoms with Crippen LogP contribution in [-0.4, -0.2) is 36.5 Å². The standard InChI is InChI=1S/C17H13FN6O3S/c1-27-11-4-2-10(3-5-11)9-28-17-22-24-15(12(18)6-21-24)16(26)23(17)13-7-20-14(25)8-19-13/h2-8H,9H2,1H3,(H,20,25). The number of ether oxygens (including phenoxy) is 1. The van der Waals surface area contributed by atoms with Crippen LogP contribution in [0.2, 0.25) is 0 Å². The largest absolute Gasteiger partial charge is 0.497 e. The average Bonchev–Trinajstić information content (AvgIpc) is 3.09. The van der Waals surface area contributed by atoms with Gasteiger partial charge in [-0.15, -0.1) is 9.73 Å². The molecule has 1 aromatic carbocycles. The molecule has 1 N–H and O–H groups in total. The van der Waals surface area contributed by atoms with E-state index in [9.17, 15) is 14.0 Å². The van der Waals surface area contributed by atoms with Crippen LogP contribution in [0.1, 0.15) is 5.56 Å². The summed E-state index contributed by atoms with van der Waals surface area (Å²) in [5, 5.41) is 8.26. The molecule has 0 aliphatic rings. The Morgan fingerprint density at radius 3 is 2.68 bits per heavy atom.